The second-order valence-electron chi connectivity index (χ2n) is 4.58. The van der Waals surface area contributed by atoms with Crippen molar-refractivity contribution in [2.45, 2.75) is 45.1 Å². The van der Waals surface area contributed by atoms with Gasteiger partial charge >= 0.3 is 0 Å². The van der Waals surface area contributed by atoms with Gasteiger partial charge in [-0.05, 0) is 18.4 Å². The third-order valence-corrected chi connectivity index (χ3v) is 2.75. The van der Waals surface area contributed by atoms with E-state index in [9.17, 15) is 5.11 Å². The molecule has 1 aliphatic rings. The van der Waals surface area contributed by atoms with Gasteiger partial charge in [-0.1, -0.05) is 50.6 Å². The summed E-state index contributed by atoms with van der Waals surface area (Å²) in [4.78, 5) is 0. The summed E-state index contributed by atoms with van der Waals surface area (Å²) in [7, 11) is 0. The maximum atomic E-state index is 9.43. The molecule has 2 nitrogen and oxygen atoms in total. The van der Waals surface area contributed by atoms with Gasteiger partial charge in [0.15, 0.2) is 0 Å². The fourth-order valence-electron chi connectivity index (χ4n) is 1.89. The largest absolute Gasteiger partial charge is 0.391 e. The standard InChI is InChI=1S/C12H16O2.C3H8/c13-12-7-6-11(8-14-9-12)10-4-2-1-3-5-10;1-3-2/h1-5,11-13H,6-9H2;3H2,1-2H3. The zero-order valence-electron chi connectivity index (χ0n) is 10.9. The number of benzene rings is 1. The van der Waals surface area contributed by atoms with Crippen LogP contribution in [0.25, 0.3) is 0 Å². The summed E-state index contributed by atoms with van der Waals surface area (Å²) >= 11 is 0. The molecule has 1 aromatic rings. The van der Waals surface area contributed by atoms with Crippen molar-refractivity contribution in [2.24, 2.45) is 0 Å². The van der Waals surface area contributed by atoms with Gasteiger partial charge in [0, 0.05) is 5.92 Å². The summed E-state index contributed by atoms with van der Waals surface area (Å²) in [6.45, 7) is 5.48. The molecule has 0 saturated carbocycles. The van der Waals surface area contributed by atoms with Gasteiger partial charge in [0.25, 0.3) is 0 Å². The third kappa shape index (κ3) is 5.33. The van der Waals surface area contributed by atoms with Crippen LogP contribution in [0.1, 0.15) is 44.6 Å². The average molecular weight is 236 g/mol. The Morgan fingerprint density at radius 2 is 1.76 bits per heavy atom. The predicted octanol–water partition coefficient (Wildman–Crippen LogP) is 3.36. The van der Waals surface area contributed by atoms with Crippen LogP contribution in [0, 0.1) is 0 Å². The van der Waals surface area contributed by atoms with E-state index in [1.165, 1.54) is 12.0 Å². The minimum absolute atomic E-state index is 0.274. The Balaban J connectivity index is 0.000000437. The van der Waals surface area contributed by atoms with Crippen molar-refractivity contribution in [3.05, 3.63) is 35.9 Å². The van der Waals surface area contributed by atoms with Crippen LogP contribution in [0.4, 0.5) is 0 Å². The lowest BCUT2D eigenvalue weighted by Gasteiger charge is -2.13. The van der Waals surface area contributed by atoms with Crippen LogP contribution in [0.15, 0.2) is 30.3 Å². The molecule has 17 heavy (non-hydrogen) atoms. The minimum atomic E-state index is -0.274. The fraction of sp³-hybridized carbons (Fsp3) is 0.600. The summed E-state index contributed by atoms with van der Waals surface area (Å²) < 4.78 is 5.42. The van der Waals surface area contributed by atoms with Gasteiger partial charge < -0.3 is 9.84 Å². The molecule has 2 unspecified atom stereocenters. The van der Waals surface area contributed by atoms with Crippen LogP contribution in [0.2, 0.25) is 0 Å². The lowest BCUT2D eigenvalue weighted by molar-refractivity contribution is 0.0487. The molecule has 0 amide bonds. The predicted molar refractivity (Wildman–Crippen MR) is 71.2 cm³/mol. The molecule has 1 N–H and O–H groups in total. The molecule has 0 aliphatic carbocycles. The monoisotopic (exact) mass is 236 g/mol. The topological polar surface area (TPSA) is 29.5 Å². The Kier molecular flexibility index (Phi) is 6.90. The second-order valence-corrected chi connectivity index (χ2v) is 4.58. The van der Waals surface area contributed by atoms with E-state index in [4.69, 9.17) is 4.74 Å². The van der Waals surface area contributed by atoms with Crippen molar-refractivity contribution in [1.82, 2.24) is 0 Å². The molecule has 2 atom stereocenters. The summed E-state index contributed by atoms with van der Waals surface area (Å²) in [5, 5.41) is 9.43. The van der Waals surface area contributed by atoms with Crippen LogP contribution in [0.5, 0.6) is 0 Å². The Morgan fingerprint density at radius 1 is 1.12 bits per heavy atom. The number of rotatable bonds is 1. The number of hydrogen-bond acceptors (Lipinski definition) is 2. The molecule has 0 radical (unpaired) electrons. The highest BCUT2D eigenvalue weighted by atomic mass is 16.5. The van der Waals surface area contributed by atoms with E-state index >= 15 is 0 Å². The van der Waals surface area contributed by atoms with Gasteiger partial charge in [0.05, 0.1) is 19.3 Å². The molecule has 2 rings (SSSR count). The highest BCUT2D eigenvalue weighted by molar-refractivity contribution is 5.19. The van der Waals surface area contributed by atoms with Crippen LogP contribution >= 0.6 is 0 Å². The van der Waals surface area contributed by atoms with Crippen molar-refractivity contribution < 1.29 is 9.84 Å². The first-order valence-electron chi connectivity index (χ1n) is 6.58. The van der Waals surface area contributed by atoms with Crippen LogP contribution in [0.3, 0.4) is 0 Å². The third-order valence-electron chi connectivity index (χ3n) is 2.75. The summed E-state index contributed by atoms with van der Waals surface area (Å²) in [5.41, 5.74) is 1.32. The van der Waals surface area contributed by atoms with Crippen molar-refractivity contribution in [3.8, 4) is 0 Å². The summed E-state index contributed by atoms with van der Waals surface area (Å²) in [6, 6.07) is 10.4. The van der Waals surface area contributed by atoms with Crippen molar-refractivity contribution in [2.75, 3.05) is 13.2 Å². The van der Waals surface area contributed by atoms with E-state index in [0.29, 0.717) is 12.5 Å². The lowest BCUT2D eigenvalue weighted by Crippen LogP contribution is -2.11. The molecular formula is C15H24O2. The van der Waals surface area contributed by atoms with Gasteiger partial charge in [-0.3, -0.25) is 0 Å². The van der Waals surface area contributed by atoms with E-state index in [1.807, 2.05) is 6.07 Å². The Labute approximate surface area is 105 Å². The first-order chi connectivity index (χ1) is 8.27. The van der Waals surface area contributed by atoms with Crippen molar-refractivity contribution in [3.63, 3.8) is 0 Å². The SMILES string of the molecule is CCC.OC1CCC(c2ccccc2)COC1. The van der Waals surface area contributed by atoms with E-state index < -0.39 is 0 Å². The maximum Gasteiger partial charge on any atom is 0.0773 e. The zero-order valence-corrected chi connectivity index (χ0v) is 10.9. The molecule has 0 aromatic heterocycles. The zero-order chi connectivity index (χ0) is 12.5. The highest BCUT2D eigenvalue weighted by Crippen LogP contribution is 2.24. The molecule has 1 heterocycles. The Bertz CT molecular complexity index is 284. The second kappa shape index (κ2) is 8.26. The quantitative estimate of drug-likeness (QED) is 0.810. The van der Waals surface area contributed by atoms with E-state index in [-0.39, 0.29) is 6.10 Å². The van der Waals surface area contributed by atoms with E-state index in [2.05, 4.69) is 38.1 Å². The molecule has 1 aromatic carbocycles. The highest BCUT2D eigenvalue weighted by Gasteiger charge is 2.18. The van der Waals surface area contributed by atoms with Crippen molar-refractivity contribution in [1.29, 1.82) is 0 Å². The fourth-order valence-corrected chi connectivity index (χ4v) is 1.89. The lowest BCUT2D eigenvalue weighted by atomic mass is 9.95. The molecular weight excluding hydrogens is 212 g/mol. The minimum Gasteiger partial charge on any atom is -0.391 e. The number of aliphatic hydroxyl groups is 1. The van der Waals surface area contributed by atoms with Crippen LogP contribution in [-0.2, 0) is 4.74 Å². The summed E-state index contributed by atoms with van der Waals surface area (Å²) in [6.07, 6.45) is 2.84. The first kappa shape index (κ1) is 14.2. The van der Waals surface area contributed by atoms with Gasteiger partial charge in [0.2, 0.25) is 0 Å². The van der Waals surface area contributed by atoms with Gasteiger partial charge in [-0.25, -0.2) is 0 Å². The molecule has 1 saturated heterocycles. The molecule has 0 spiro atoms. The van der Waals surface area contributed by atoms with Gasteiger partial charge in [0.1, 0.15) is 0 Å². The van der Waals surface area contributed by atoms with Gasteiger partial charge in [-0.2, -0.15) is 0 Å². The number of aliphatic hydroxyl groups excluding tert-OH is 1. The van der Waals surface area contributed by atoms with Crippen LogP contribution in [-0.4, -0.2) is 24.4 Å². The maximum absolute atomic E-state index is 9.43. The molecule has 1 fully saturated rings. The Morgan fingerprint density at radius 3 is 2.41 bits per heavy atom. The van der Waals surface area contributed by atoms with Gasteiger partial charge in [-0.15, -0.1) is 0 Å². The summed E-state index contributed by atoms with van der Waals surface area (Å²) in [5.74, 6) is 0.452. The smallest absolute Gasteiger partial charge is 0.0773 e. The molecule has 0 bridgehead atoms. The average Bonchev–Trinajstić information content (AvgIpc) is 2.56. The molecule has 96 valence electrons. The van der Waals surface area contributed by atoms with Crippen LogP contribution < -0.4 is 0 Å². The first-order valence-corrected chi connectivity index (χ1v) is 6.58. The molecule has 2 heteroatoms. The molecule has 1 aliphatic heterocycles. The van der Waals surface area contributed by atoms with Crippen molar-refractivity contribution >= 4 is 0 Å². The number of hydrogen-bond donors (Lipinski definition) is 1. The normalized spacial score (nSPS) is 24.4. The van der Waals surface area contributed by atoms with E-state index in [0.717, 1.165) is 19.4 Å². The Hall–Kier alpha value is -0.860. The number of ether oxygens (including phenoxy) is 1. The van der Waals surface area contributed by atoms with E-state index in [1.54, 1.807) is 0 Å².